The molecule has 6 nitrogen and oxygen atoms in total. The van der Waals surface area contributed by atoms with Crippen molar-refractivity contribution in [3.05, 3.63) is 79.3 Å². The van der Waals surface area contributed by atoms with Crippen LogP contribution in [-0.4, -0.2) is 18.0 Å². The molecule has 0 atom stereocenters. The van der Waals surface area contributed by atoms with Gasteiger partial charge in [-0.3, -0.25) is 10.1 Å². The third kappa shape index (κ3) is 3.52. The van der Waals surface area contributed by atoms with E-state index in [1.54, 1.807) is 18.2 Å². The average molecular weight is 416 g/mol. The SMILES string of the molecule is COc1c(Br)cc(/C=C2\C=C(c3ccc(C)cc3)OC2=O)cc1[N+](=O)[O-]. The van der Waals surface area contributed by atoms with Crippen LogP contribution in [-0.2, 0) is 9.53 Å². The Morgan fingerprint density at radius 2 is 1.92 bits per heavy atom. The molecule has 2 aromatic rings. The maximum absolute atomic E-state index is 12.1. The first-order chi connectivity index (χ1) is 12.4. The minimum Gasteiger partial charge on any atom is -0.489 e. The monoisotopic (exact) mass is 415 g/mol. The summed E-state index contributed by atoms with van der Waals surface area (Å²) in [4.78, 5) is 22.8. The number of carbonyl (C=O) groups excluding carboxylic acids is 1. The van der Waals surface area contributed by atoms with E-state index in [-0.39, 0.29) is 11.4 Å². The van der Waals surface area contributed by atoms with Crippen molar-refractivity contribution in [2.75, 3.05) is 7.11 Å². The molecule has 1 heterocycles. The van der Waals surface area contributed by atoms with Crippen LogP contribution in [0, 0.1) is 17.0 Å². The fourth-order valence-corrected chi connectivity index (χ4v) is 3.18. The second-order valence-corrected chi connectivity index (χ2v) is 6.53. The van der Waals surface area contributed by atoms with Crippen LogP contribution in [0.3, 0.4) is 0 Å². The normalized spacial score (nSPS) is 15.0. The van der Waals surface area contributed by atoms with Gasteiger partial charge in [0.1, 0.15) is 5.76 Å². The third-order valence-electron chi connectivity index (χ3n) is 3.83. The molecule has 132 valence electrons. The molecule has 0 aromatic heterocycles. The molecule has 0 spiro atoms. The van der Waals surface area contributed by atoms with E-state index in [1.807, 2.05) is 31.2 Å². The highest BCUT2D eigenvalue weighted by Crippen LogP contribution is 2.37. The number of ether oxygens (including phenoxy) is 2. The minimum absolute atomic E-state index is 0.127. The summed E-state index contributed by atoms with van der Waals surface area (Å²) in [7, 11) is 1.36. The molecule has 0 fully saturated rings. The number of rotatable bonds is 4. The summed E-state index contributed by atoms with van der Waals surface area (Å²) < 4.78 is 10.8. The summed E-state index contributed by atoms with van der Waals surface area (Å²) in [5, 5.41) is 11.2. The molecule has 0 N–H and O–H groups in total. The summed E-state index contributed by atoms with van der Waals surface area (Å²) in [6.07, 6.45) is 3.16. The predicted molar refractivity (Wildman–Crippen MR) is 101 cm³/mol. The smallest absolute Gasteiger partial charge is 0.343 e. The fourth-order valence-electron chi connectivity index (χ4n) is 2.55. The number of carbonyl (C=O) groups is 1. The number of nitro groups is 1. The highest BCUT2D eigenvalue weighted by atomic mass is 79.9. The van der Waals surface area contributed by atoms with Crippen molar-refractivity contribution in [2.24, 2.45) is 0 Å². The Labute approximate surface area is 158 Å². The lowest BCUT2D eigenvalue weighted by Gasteiger charge is -2.05. The van der Waals surface area contributed by atoms with Crippen LogP contribution in [0.5, 0.6) is 5.75 Å². The van der Waals surface area contributed by atoms with E-state index < -0.39 is 10.9 Å². The van der Waals surface area contributed by atoms with Gasteiger partial charge >= 0.3 is 11.7 Å². The summed E-state index contributed by atoms with van der Waals surface area (Å²) in [6, 6.07) is 10.6. The number of methoxy groups -OCH3 is 1. The average Bonchev–Trinajstić information content (AvgIpc) is 2.95. The molecular formula is C19H14BrNO5. The molecule has 0 bridgehead atoms. The van der Waals surface area contributed by atoms with Crippen molar-refractivity contribution in [1.82, 2.24) is 0 Å². The second-order valence-electron chi connectivity index (χ2n) is 5.68. The van der Waals surface area contributed by atoms with Gasteiger partial charge in [0.25, 0.3) is 0 Å². The summed E-state index contributed by atoms with van der Waals surface area (Å²) >= 11 is 3.26. The number of aryl methyl sites for hydroxylation is 1. The van der Waals surface area contributed by atoms with Gasteiger partial charge in [0.15, 0.2) is 0 Å². The van der Waals surface area contributed by atoms with Crippen molar-refractivity contribution in [1.29, 1.82) is 0 Å². The quantitative estimate of drug-likeness (QED) is 0.314. The van der Waals surface area contributed by atoms with Gasteiger partial charge in [-0.15, -0.1) is 0 Å². The Balaban J connectivity index is 2.00. The van der Waals surface area contributed by atoms with E-state index in [0.717, 1.165) is 11.1 Å². The van der Waals surface area contributed by atoms with Crippen molar-refractivity contribution in [3.8, 4) is 5.75 Å². The van der Waals surface area contributed by atoms with Gasteiger partial charge in [0, 0.05) is 11.6 Å². The topological polar surface area (TPSA) is 78.7 Å². The first kappa shape index (κ1) is 17.9. The zero-order chi connectivity index (χ0) is 18.8. The number of benzene rings is 2. The molecule has 0 aliphatic carbocycles. The lowest BCUT2D eigenvalue weighted by Crippen LogP contribution is -1.98. The maximum atomic E-state index is 12.1. The van der Waals surface area contributed by atoms with E-state index in [0.29, 0.717) is 21.4 Å². The van der Waals surface area contributed by atoms with Gasteiger partial charge < -0.3 is 9.47 Å². The van der Waals surface area contributed by atoms with Gasteiger partial charge in [0.05, 0.1) is 22.1 Å². The number of hydrogen-bond acceptors (Lipinski definition) is 5. The Hall–Kier alpha value is -2.93. The Morgan fingerprint density at radius 1 is 1.23 bits per heavy atom. The zero-order valence-corrected chi connectivity index (χ0v) is 15.6. The number of cyclic esters (lactones) is 1. The first-order valence-corrected chi connectivity index (χ1v) is 8.43. The molecule has 0 saturated heterocycles. The molecule has 0 saturated carbocycles. The fraction of sp³-hybridized carbons (Fsp3) is 0.105. The van der Waals surface area contributed by atoms with Gasteiger partial charge in [-0.1, -0.05) is 29.8 Å². The predicted octanol–water partition coefficient (Wildman–Crippen LogP) is 4.66. The lowest BCUT2D eigenvalue weighted by atomic mass is 10.1. The third-order valence-corrected chi connectivity index (χ3v) is 4.42. The van der Waals surface area contributed by atoms with Gasteiger partial charge in [-0.25, -0.2) is 4.79 Å². The van der Waals surface area contributed by atoms with Crippen LogP contribution >= 0.6 is 15.9 Å². The van der Waals surface area contributed by atoms with E-state index in [2.05, 4.69) is 15.9 Å². The van der Waals surface area contributed by atoms with Crippen LogP contribution < -0.4 is 4.74 Å². The van der Waals surface area contributed by atoms with Crippen molar-refractivity contribution >= 4 is 39.4 Å². The van der Waals surface area contributed by atoms with Crippen LogP contribution in [0.4, 0.5) is 5.69 Å². The van der Waals surface area contributed by atoms with E-state index in [1.165, 1.54) is 13.2 Å². The molecule has 1 aliphatic rings. The molecular weight excluding hydrogens is 402 g/mol. The number of esters is 1. The molecule has 2 aromatic carbocycles. The summed E-state index contributed by atoms with van der Waals surface area (Å²) in [6.45, 7) is 1.97. The number of halogens is 1. The van der Waals surface area contributed by atoms with E-state index >= 15 is 0 Å². The van der Waals surface area contributed by atoms with Crippen molar-refractivity contribution in [3.63, 3.8) is 0 Å². The number of nitrogens with zero attached hydrogens (tertiary/aromatic N) is 1. The second kappa shape index (κ2) is 7.13. The molecule has 7 heteroatoms. The number of nitro benzene ring substituents is 1. The molecule has 0 unspecified atom stereocenters. The standard InChI is InChI=1S/C19H14BrNO5/c1-11-3-5-13(6-4-11)17-10-14(19(22)26-17)7-12-8-15(20)18(25-2)16(9-12)21(23)24/h3-10H,1-2H3/b14-7+. The van der Waals surface area contributed by atoms with Crippen LogP contribution in [0.25, 0.3) is 11.8 Å². The summed E-state index contributed by atoms with van der Waals surface area (Å²) in [5.41, 5.74) is 2.49. The van der Waals surface area contributed by atoms with Crippen LogP contribution in [0.15, 0.2) is 52.5 Å². The largest absolute Gasteiger partial charge is 0.489 e. The number of hydrogen-bond donors (Lipinski definition) is 0. The van der Waals surface area contributed by atoms with E-state index in [4.69, 9.17) is 9.47 Å². The van der Waals surface area contributed by atoms with E-state index in [9.17, 15) is 14.9 Å². The van der Waals surface area contributed by atoms with Gasteiger partial charge in [0.2, 0.25) is 5.75 Å². The molecule has 3 rings (SSSR count). The molecule has 0 radical (unpaired) electrons. The lowest BCUT2D eigenvalue weighted by molar-refractivity contribution is -0.385. The van der Waals surface area contributed by atoms with Crippen LogP contribution in [0.1, 0.15) is 16.7 Å². The van der Waals surface area contributed by atoms with Gasteiger partial charge in [-0.2, -0.15) is 0 Å². The molecule has 1 aliphatic heterocycles. The Bertz CT molecular complexity index is 961. The van der Waals surface area contributed by atoms with Crippen molar-refractivity contribution < 1.29 is 19.2 Å². The van der Waals surface area contributed by atoms with Crippen molar-refractivity contribution in [2.45, 2.75) is 6.92 Å². The first-order valence-electron chi connectivity index (χ1n) is 7.63. The molecule has 26 heavy (non-hydrogen) atoms. The molecule has 0 amide bonds. The zero-order valence-electron chi connectivity index (χ0n) is 14.0. The van der Waals surface area contributed by atoms with Gasteiger partial charge in [-0.05, 0) is 46.6 Å². The Morgan fingerprint density at radius 3 is 2.54 bits per heavy atom. The maximum Gasteiger partial charge on any atom is 0.343 e. The highest BCUT2D eigenvalue weighted by molar-refractivity contribution is 9.10. The Kier molecular flexibility index (Phi) is 4.90. The minimum atomic E-state index is -0.536. The highest BCUT2D eigenvalue weighted by Gasteiger charge is 2.23. The summed E-state index contributed by atoms with van der Waals surface area (Å²) in [5.74, 6) is 0.0699. The van der Waals surface area contributed by atoms with Crippen LogP contribution in [0.2, 0.25) is 0 Å².